The largest absolute Gasteiger partial charge is 0.383 e. The van der Waals surface area contributed by atoms with E-state index in [2.05, 4.69) is 15.1 Å². The molecule has 1 fully saturated rings. The molecule has 1 N–H and O–H groups in total. The number of hydrogen-bond donors (Lipinski definition) is 1. The molecule has 0 saturated carbocycles. The highest BCUT2D eigenvalue weighted by atomic mass is 16.3. The van der Waals surface area contributed by atoms with Gasteiger partial charge in [-0.3, -0.25) is 14.5 Å². The minimum Gasteiger partial charge on any atom is -0.383 e. The molecule has 7 nitrogen and oxygen atoms in total. The number of nitrogens with zero attached hydrogens (tertiary/aromatic N) is 5. The first-order chi connectivity index (χ1) is 11.5. The highest BCUT2D eigenvalue weighted by Gasteiger charge is 2.37. The Balaban J connectivity index is 1.59. The lowest BCUT2D eigenvalue weighted by atomic mass is 9.87. The number of carbonyl (C=O) groups excluding carboxylic acids is 1. The number of likely N-dealkylation sites (tertiary alicyclic amines) is 1. The van der Waals surface area contributed by atoms with Gasteiger partial charge in [0.05, 0.1) is 18.2 Å². The molecule has 3 heterocycles. The molecule has 1 atom stereocenters. The van der Waals surface area contributed by atoms with E-state index >= 15 is 0 Å². The van der Waals surface area contributed by atoms with Gasteiger partial charge in [-0.05, 0) is 31.4 Å². The molecule has 1 saturated heterocycles. The summed E-state index contributed by atoms with van der Waals surface area (Å²) in [6, 6.07) is 3.83. The Morgan fingerprint density at radius 3 is 2.71 bits per heavy atom. The van der Waals surface area contributed by atoms with Crippen molar-refractivity contribution in [1.82, 2.24) is 24.6 Å². The van der Waals surface area contributed by atoms with Crippen LogP contribution in [0, 0.1) is 12.8 Å². The average molecular weight is 329 g/mol. The van der Waals surface area contributed by atoms with Crippen LogP contribution in [0.4, 0.5) is 0 Å². The smallest absolute Gasteiger partial charge is 0.227 e. The fourth-order valence-corrected chi connectivity index (χ4v) is 3.09. The first kappa shape index (κ1) is 16.6. The van der Waals surface area contributed by atoms with Crippen molar-refractivity contribution in [2.45, 2.75) is 38.8 Å². The minimum atomic E-state index is -0.945. The minimum absolute atomic E-state index is 0.0874. The summed E-state index contributed by atoms with van der Waals surface area (Å²) < 4.78 is 1.67. The van der Waals surface area contributed by atoms with Crippen molar-refractivity contribution >= 4 is 5.91 Å². The SMILES string of the molecule is Cc1ccc(C2(O)CCN(C(=O)C(C)Cn3cncn3)CC2)nc1. The Kier molecular flexibility index (Phi) is 4.62. The average Bonchev–Trinajstić information content (AvgIpc) is 3.08. The molecule has 2 aromatic heterocycles. The summed E-state index contributed by atoms with van der Waals surface area (Å²) >= 11 is 0. The van der Waals surface area contributed by atoms with E-state index in [-0.39, 0.29) is 11.8 Å². The van der Waals surface area contributed by atoms with Crippen LogP contribution in [0.5, 0.6) is 0 Å². The summed E-state index contributed by atoms with van der Waals surface area (Å²) in [6.07, 6.45) is 5.86. The van der Waals surface area contributed by atoms with Crippen molar-refractivity contribution in [3.8, 4) is 0 Å². The molecule has 0 bridgehead atoms. The lowest BCUT2D eigenvalue weighted by Gasteiger charge is -2.38. The first-order valence-electron chi connectivity index (χ1n) is 8.25. The maximum absolute atomic E-state index is 12.6. The molecular formula is C17H23N5O2. The Labute approximate surface area is 141 Å². The standard InChI is InChI=1S/C17H23N5O2/c1-13-3-4-15(19-9-13)17(24)5-7-21(8-6-17)16(23)14(2)10-22-12-18-11-20-22/h3-4,9,11-12,14,24H,5-8,10H2,1-2H3. The number of carbonyl (C=O) groups is 1. The molecule has 0 aromatic carbocycles. The van der Waals surface area contributed by atoms with Crippen LogP contribution in [0.2, 0.25) is 0 Å². The number of pyridine rings is 1. The Bertz CT molecular complexity index is 676. The van der Waals surface area contributed by atoms with Crippen LogP contribution in [0.15, 0.2) is 31.0 Å². The van der Waals surface area contributed by atoms with Gasteiger partial charge in [-0.15, -0.1) is 0 Å². The predicted octanol–water partition coefficient (Wildman–Crippen LogP) is 1.13. The van der Waals surface area contributed by atoms with Crippen molar-refractivity contribution < 1.29 is 9.90 Å². The van der Waals surface area contributed by atoms with Crippen LogP contribution in [-0.4, -0.2) is 48.8 Å². The molecule has 1 aliphatic heterocycles. The van der Waals surface area contributed by atoms with Gasteiger partial charge in [0.2, 0.25) is 5.91 Å². The maximum atomic E-state index is 12.6. The zero-order valence-corrected chi connectivity index (χ0v) is 14.1. The van der Waals surface area contributed by atoms with Crippen LogP contribution < -0.4 is 0 Å². The van der Waals surface area contributed by atoms with Gasteiger partial charge in [-0.2, -0.15) is 5.10 Å². The molecule has 2 aromatic rings. The van der Waals surface area contributed by atoms with Gasteiger partial charge in [0, 0.05) is 19.3 Å². The Morgan fingerprint density at radius 2 is 2.12 bits per heavy atom. The fraction of sp³-hybridized carbons (Fsp3) is 0.529. The van der Waals surface area contributed by atoms with E-state index in [1.807, 2.05) is 30.9 Å². The number of rotatable bonds is 4. The lowest BCUT2D eigenvalue weighted by molar-refractivity contribution is -0.140. The Morgan fingerprint density at radius 1 is 1.38 bits per heavy atom. The number of hydrogen-bond acceptors (Lipinski definition) is 5. The van der Waals surface area contributed by atoms with E-state index in [4.69, 9.17) is 0 Å². The monoisotopic (exact) mass is 329 g/mol. The van der Waals surface area contributed by atoms with Crippen LogP contribution in [-0.2, 0) is 16.9 Å². The molecule has 3 rings (SSSR count). The van der Waals surface area contributed by atoms with Crippen LogP contribution in [0.25, 0.3) is 0 Å². The van der Waals surface area contributed by atoms with E-state index in [1.54, 1.807) is 17.2 Å². The second-order valence-corrected chi connectivity index (χ2v) is 6.60. The van der Waals surface area contributed by atoms with Gasteiger partial charge in [-0.1, -0.05) is 13.0 Å². The molecule has 0 aliphatic carbocycles. The summed E-state index contributed by atoms with van der Waals surface area (Å²) in [7, 11) is 0. The quantitative estimate of drug-likeness (QED) is 0.909. The molecule has 0 radical (unpaired) electrons. The van der Waals surface area contributed by atoms with Crippen molar-refractivity contribution in [3.05, 3.63) is 42.2 Å². The van der Waals surface area contributed by atoms with E-state index < -0.39 is 5.60 Å². The van der Waals surface area contributed by atoms with Gasteiger partial charge in [0.25, 0.3) is 0 Å². The van der Waals surface area contributed by atoms with Gasteiger partial charge < -0.3 is 10.0 Å². The third-order valence-corrected chi connectivity index (χ3v) is 4.64. The lowest BCUT2D eigenvalue weighted by Crippen LogP contribution is -2.47. The van der Waals surface area contributed by atoms with E-state index in [1.165, 1.54) is 6.33 Å². The van der Waals surface area contributed by atoms with Gasteiger partial charge in [0.1, 0.15) is 18.3 Å². The number of aliphatic hydroxyl groups is 1. The summed E-state index contributed by atoms with van der Waals surface area (Å²) in [5, 5.41) is 14.9. The topological polar surface area (TPSA) is 84.1 Å². The second-order valence-electron chi connectivity index (χ2n) is 6.60. The fourth-order valence-electron chi connectivity index (χ4n) is 3.09. The third-order valence-electron chi connectivity index (χ3n) is 4.64. The van der Waals surface area contributed by atoms with Crippen molar-refractivity contribution in [3.63, 3.8) is 0 Å². The molecule has 1 aliphatic rings. The van der Waals surface area contributed by atoms with Crippen LogP contribution in [0.3, 0.4) is 0 Å². The van der Waals surface area contributed by atoms with Crippen molar-refractivity contribution in [1.29, 1.82) is 0 Å². The van der Waals surface area contributed by atoms with E-state index in [9.17, 15) is 9.90 Å². The van der Waals surface area contributed by atoms with Crippen molar-refractivity contribution in [2.75, 3.05) is 13.1 Å². The molecule has 1 unspecified atom stereocenters. The van der Waals surface area contributed by atoms with Gasteiger partial charge >= 0.3 is 0 Å². The zero-order chi connectivity index (χ0) is 17.2. The second kappa shape index (κ2) is 6.68. The molecule has 7 heteroatoms. The van der Waals surface area contributed by atoms with Crippen molar-refractivity contribution in [2.24, 2.45) is 5.92 Å². The molecule has 128 valence electrons. The highest BCUT2D eigenvalue weighted by molar-refractivity contribution is 5.78. The van der Waals surface area contributed by atoms with E-state index in [0.29, 0.717) is 38.2 Å². The summed E-state index contributed by atoms with van der Waals surface area (Å²) in [4.78, 5) is 22.7. The predicted molar refractivity (Wildman–Crippen MR) is 87.9 cm³/mol. The summed E-state index contributed by atoms with van der Waals surface area (Å²) in [5.41, 5.74) is 0.812. The molecule has 0 spiro atoms. The molecule has 24 heavy (non-hydrogen) atoms. The number of amides is 1. The number of piperidine rings is 1. The van der Waals surface area contributed by atoms with E-state index in [0.717, 1.165) is 5.56 Å². The molecule has 1 amide bonds. The molecular weight excluding hydrogens is 306 g/mol. The number of aryl methyl sites for hydroxylation is 1. The number of aromatic nitrogens is 4. The van der Waals surface area contributed by atoms with Crippen LogP contribution >= 0.6 is 0 Å². The summed E-state index contributed by atoms with van der Waals surface area (Å²) in [6.45, 7) is 5.45. The maximum Gasteiger partial charge on any atom is 0.227 e. The first-order valence-corrected chi connectivity index (χ1v) is 8.25. The third kappa shape index (κ3) is 3.46. The van der Waals surface area contributed by atoms with Gasteiger partial charge in [0.15, 0.2) is 0 Å². The van der Waals surface area contributed by atoms with Crippen LogP contribution in [0.1, 0.15) is 31.0 Å². The summed E-state index contributed by atoms with van der Waals surface area (Å²) in [5.74, 6) is -0.0835. The normalized spacial score (nSPS) is 18.4. The highest BCUT2D eigenvalue weighted by Crippen LogP contribution is 2.32. The zero-order valence-electron chi connectivity index (χ0n) is 14.1. The van der Waals surface area contributed by atoms with Gasteiger partial charge in [-0.25, -0.2) is 4.98 Å². The Hall–Kier alpha value is -2.28.